The lowest BCUT2D eigenvalue weighted by molar-refractivity contribution is 0.416. The van der Waals surface area contributed by atoms with Gasteiger partial charge in [0.2, 0.25) is 0 Å². The summed E-state index contributed by atoms with van der Waals surface area (Å²) in [5.41, 5.74) is 15.5. The third-order valence-corrected chi connectivity index (χ3v) is 9.91. The summed E-state index contributed by atoms with van der Waals surface area (Å²) >= 11 is 0. The van der Waals surface area contributed by atoms with E-state index in [2.05, 4.69) is 33.9 Å². The van der Waals surface area contributed by atoms with Crippen molar-refractivity contribution >= 4 is 30.6 Å². The quantitative estimate of drug-likeness (QED) is 0.453. The second-order valence-electron chi connectivity index (χ2n) is 8.53. The predicted octanol–water partition coefficient (Wildman–Crippen LogP) is 5.46. The van der Waals surface area contributed by atoms with Crippen LogP contribution in [-0.2, 0) is 0 Å². The fourth-order valence-corrected chi connectivity index (χ4v) is 3.84. The maximum absolute atomic E-state index is 6.57. The number of methoxy groups -OCH3 is 1. The molecule has 0 saturated heterocycles. The Morgan fingerprint density at radius 2 is 1.64 bits per heavy atom. The van der Waals surface area contributed by atoms with Crippen LogP contribution in [0, 0.1) is 0 Å². The zero-order chi connectivity index (χ0) is 20.7. The van der Waals surface area contributed by atoms with Crippen molar-refractivity contribution in [2.75, 3.05) is 18.6 Å². The van der Waals surface area contributed by atoms with Gasteiger partial charge in [0.1, 0.15) is 17.0 Å². The second kappa shape index (κ2) is 7.02. The average Bonchev–Trinajstić information content (AvgIpc) is 2.62. The molecule has 1 heterocycles. The van der Waals surface area contributed by atoms with Gasteiger partial charge in [0.05, 0.1) is 29.7 Å². The molecule has 0 spiro atoms. The van der Waals surface area contributed by atoms with Crippen molar-refractivity contribution in [2.24, 2.45) is 0 Å². The first-order valence-electron chi connectivity index (χ1n) is 9.36. The summed E-state index contributed by atoms with van der Waals surface area (Å²) in [4.78, 5) is 4.90. The summed E-state index contributed by atoms with van der Waals surface area (Å²) in [6.07, 6.45) is 0. The highest BCUT2D eigenvalue weighted by Crippen LogP contribution is 2.41. The number of anilines is 2. The van der Waals surface area contributed by atoms with Gasteiger partial charge in [-0.2, -0.15) is 0 Å². The molecule has 0 amide bonds. The number of nitrogens with two attached hydrogens (primary N) is 2. The van der Waals surface area contributed by atoms with Crippen LogP contribution in [0.1, 0.15) is 20.8 Å². The first-order chi connectivity index (χ1) is 13.0. The van der Waals surface area contributed by atoms with Crippen LogP contribution in [-0.4, -0.2) is 20.4 Å². The average molecular weight is 396 g/mol. The van der Waals surface area contributed by atoms with Gasteiger partial charge in [0, 0.05) is 5.39 Å². The molecular formula is C22H29N3O2Si. The SMILES string of the molecule is COc1ccc(N)c(N)c1-c1ccc2cccc(O[Si](C)(C)C(C)(C)C)c2n1. The fourth-order valence-electron chi connectivity index (χ4n) is 2.82. The number of para-hydroxylation sites is 1. The number of fused-ring (bicyclic) bond motifs is 1. The molecule has 3 rings (SSSR count). The van der Waals surface area contributed by atoms with E-state index in [9.17, 15) is 0 Å². The van der Waals surface area contributed by atoms with Crippen LogP contribution in [0.25, 0.3) is 22.2 Å². The molecule has 0 aliphatic carbocycles. The molecule has 4 N–H and O–H groups in total. The van der Waals surface area contributed by atoms with Crippen molar-refractivity contribution in [1.82, 2.24) is 4.98 Å². The van der Waals surface area contributed by atoms with Crippen molar-refractivity contribution in [1.29, 1.82) is 0 Å². The first kappa shape index (κ1) is 20.0. The van der Waals surface area contributed by atoms with Crippen molar-refractivity contribution < 1.29 is 9.16 Å². The number of benzene rings is 2. The lowest BCUT2D eigenvalue weighted by Crippen LogP contribution is -2.43. The molecule has 6 heteroatoms. The van der Waals surface area contributed by atoms with E-state index in [4.69, 9.17) is 25.6 Å². The highest BCUT2D eigenvalue weighted by atomic mass is 28.4. The number of aromatic nitrogens is 1. The van der Waals surface area contributed by atoms with Crippen LogP contribution in [0.2, 0.25) is 18.1 Å². The molecule has 0 radical (unpaired) electrons. The van der Waals surface area contributed by atoms with Crippen molar-refractivity contribution in [3.05, 3.63) is 42.5 Å². The van der Waals surface area contributed by atoms with Crippen molar-refractivity contribution in [3.8, 4) is 22.8 Å². The molecule has 0 saturated carbocycles. The lowest BCUT2D eigenvalue weighted by Gasteiger charge is -2.36. The Morgan fingerprint density at radius 1 is 0.929 bits per heavy atom. The summed E-state index contributed by atoms with van der Waals surface area (Å²) in [6.45, 7) is 11.1. The van der Waals surface area contributed by atoms with E-state index >= 15 is 0 Å². The van der Waals surface area contributed by atoms with Crippen LogP contribution >= 0.6 is 0 Å². The van der Waals surface area contributed by atoms with E-state index in [0.717, 1.165) is 16.7 Å². The summed E-state index contributed by atoms with van der Waals surface area (Å²) in [6, 6.07) is 13.5. The molecule has 0 bridgehead atoms. The zero-order valence-corrected chi connectivity index (χ0v) is 18.5. The smallest absolute Gasteiger partial charge is 0.250 e. The highest BCUT2D eigenvalue weighted by Gasteiger charge is 2.39. The molecule has 28 heavy (non-hydrogen) atoms. The fraction of sp³-hybridized carbons (Fsp3) is 0.318. The number of hydrogen-bond acceptors (Lipinski definition) is 5. The molecule has 0 aliphatic rings. The standard InChI is InChI=1S/C22H29N3O2Si/c1-22(2,3)28(5,6)27-18-9-7-8-14-10-12-16(25-21(14)18)19-17(26-4)13-11-15(23)20(19)24/h7-13H,23-24H2,1-6H3. The Hall–Kier alpha value is -2.73. The van der Waals surface area contributed by atoms with E-state index in [-0.39, 0.29) is 5.04 Å². The topological polar surface area (TPSA) is 83.4 Å². The van der Waals surface area contributed by atoms with Gasteiger partial charge >= 0.3 is 0 Å². The summed E-state index contributed by atoms with van der Waals surface area (Å²) < 4.78 is 12.1. The third-order valence-electron chi connectivity index (χ3n) is 5.57. The van der Waals surface area contributed by atoms with Crippen LogP contribution < -0.4 is 20.6 Å². The van der Waals surface area contributed by atoms with Gasteiger partial charge in [-0.05, 0) is 42.4 Å². The Morgan fingerprint density at radius 3 is 2.29 bits per heavy atom. The van der Waals surface area contributed by atoms with Gasteiger partial charge in [-0.15, -0.1) is 0 Å². The van der Waals surface area contributed by atoms with Crippen LogP contribution in [0.4, 0.5) is 11.4 Å². The molecule has 5 nitrogen and oxygen atoms in total. The molecular weight excluding hydrogens is 366 g/mol. The Kier molecular flexibility index (Phi) is 5.02. The number of hydrogen-bond donors (Lipinski definition) is 2. The Balaban J connectivity index is 2.19. The normalized spacial score (nSPS) is 12.2. The lowest BCUT2D eigenvalue weighted by atomic mass is 10.0. The molecule has 0 aliphatic heterocycles. The predicted molar refractivity (Wildman–Crippen MR) is 120 cm³/mol. The minimum Gasteiger partial charge on any atom is -0.542 e. The molecule has 1 aromatic heterocycles. The maximum atomic E-state index is 6.57. The summed E-state index contributed by atoms with van der Waals surface area (Å²) in [5.74, 6) is 1.44. The number of nitrogen functional groups attached to an aromatic ring is 2. The van der Waals surface area contributed by atoms with Crippen LogP contribution in [0.5, 0.6) is 11.5 Å². The van der Waals surface area contributed by atoms with Crippen molar-refractivity contribution in [2.45, 2.75) is 38.9 Å². The maximum Gasteiger partial charge on any atom is 0.250 e. The Labute approximate surface area is 167 Å². The number of rotatable bonds is 4. The minimum absolute atomic E-state index is 0.0916. The van der Waals surface area contributed by atoms with Gasteiger partial charge in [-0.3, -0.25) is 0 Å². The van der Waals surface area contributed by atoms with E-state index in [1.165, 1.54) is 0 Å². The van der Waals surface area contributed by atoms with E-state index in [0.29, 0.717) is 28.4 Å². The largest absolute Gasteiger partial charge is 0.542 e. The van der Waals surface area contributed by atoms with E-state index < -0.39 is 8.32 Å². The zero-order valence-electron chi connectivity index (χ0n) is 17.5. The van der Waals surface area contributed by atoms with Gasteiger partial charge < -0.3 is 20.6 Å². The molecule has 2 aromatic carbocycles. The Bertz CT molecular complexity index is 1030. The van der Waals surface area contributed by atoms with Gasteiger partial charge in [0.25, 0.3) is 8.32 Å². The van der Waals surface area contributed by atoms with Crippen LogP contribution in [0.3, 0.4) is 0 Å². The first-order valence-corrected chi connectivity index (χ1v) is 12.3. The molecule has 0 fully saturated rings. The van der Waals surface area contributed by atoms with E-state index in [1.807, 2.05) is 36.4 Å². The molecule has 0 atom stereocenters. The van der Waals surface area contributed by atoms with Crippen molar-refractivity contribution in [3.63, 3.8) is 0 Å². The van der Waals surface area contributed by atoms with Gasteiger partial charge in [-0.25, -0.2) is 4.98 Å². The third kappa shape index (κ3) is 3.52. The molecule has 3 aromatic rings. The van der Waals surface area contributed by atoms with E-state index in [1.54, 1.807) is 13.2 Å². The van der Waals surface area contributed by atoms with Gasteiger partial charge in [0.15, 0.2) is 0 Å². The number of nitrogens with zero attached hydrogens (tertiary/aromatic N) is 1. The van der Waals surface area contributed by atoms with Crippen LogP contribution in [0.15, 0.2) is 42.5 Å². The number of ether oxygens (including phenoxy) is 1. The summed E-state index contributed by atoms with van der Waals surface area (Å²) in [7, 11) is -0.394. The molecule has 0 unspecified atom stereocenters. The minimum atomic E-state index is -2.01. The second-order valence-corrected chi connectivity index (χ2v) is 13.3. The highest BCUT2D eigenvalue weighted by molar-refractivity contribution is 6.74. The monoisotopic (exact) mass is 395 g/mol. The molecule has 148 valence electrons. The van der Waals surface area contributed by atoms with Gasteiger partial charge in [-0.1, -0.05) is 39.0 Å². The summed E-state index contributed by atoms with van der Waals surface area (Å²) in [5, 5.41) is 1.11. The number of pyridine rings is 1.